The second-order valence-electron chi connectivity index (χ2n) is 5.86. The summed E-state index contributed by atoms with van der Waals surface area (Å²) in [5.41, 5.74) is 4.36. The summed E-state index contributed by atoms with van der Waals surface area (Å²) in [6, 6.07) is 12.6. The third-order valence-electron chi connectivity index (χ3n) is 4.49. The highest BCUT2D eigenvalue weighted by molar-refractivity contribution is 5.53. The molecule has 0 saturated heterocycles. The summed E-state index contributed by atoms with van der Waals surface area (Å²) in [5.74, 6) is 1.51. The van der Waals surface area contributed by atoms with Crippen molar-refractivity contribution >= 4 is 0 Å². The van der Waals surface area contributed by atoms with E-state index in [1.807, 2.05) is 6.07 Å². The number of hydrogen-bond donors (Lipinski definition) is 0. The van der Waals surface area contributed by atoms with Crippen LogP contribution in [-0.2, 0) is 16.8 Å². The Labute approximate surface area is 131 Å². The predicted molar refractivity (Wildman–Crippen MR) is 86.8 cm³/mol. The molecule has 0 amide bonds. The first-order valence-corrected chi connectivity index (χ1v) is 7.55. The molecular formula is C19H22O3. The zero-order valence-corrected chi connectivity index (χ0v) is 13.6. The second-order valence-corrected chi connectivity index (χ2v) is 5.86. The van der Waals surface area contributed by atoms with Crippen LogP contribution in [0.4, 0.5) is 0 Å². The highest BCUT2D eigenvalue weighted by atomic mass is 16.5. The molecule has 0 radical (unpaired) electrons. The molecule has 3 rings (SSSR count). The van der Waals surface area contributed by atoms with E-state index < -0.39 is 5.60 Å². The van der Waals surface area contributed by atoms with Gasteiger partial charge in [0.1, 0.15) is 5.60 Å². The summed E-state index contributed by atoms with van der Waals surface area (Å²) in [7, 11) is 3.33. The van der Waals surface area contributed by atoms with Crippen LogP contribution in [0.2, 0.25) is 0 Å². The first-order valence-electron chi connectivity index (χ1n) is 7.55. The molecule has 0 aromatic heterocycles. The number of ether oxygens (including phenoxy) is 3. The standard InChI is InChI=1S/C19H22O3/c1-13-5-7-15(8-6-13)19(2)16-12-18(21-4)17(20-3)11-14(16)9-10-22-19/h5-8,11-12H,9-10H2,1-4H3/t19-/m0/s1. The molecule has 0 N–H and O–H groups in total. The van der Waals surface area contributed by atoms with Gasteiger partial charge in [0.25, 0.3) is 0 Å². The summed E-state index contributed by atoms with van der Waals surface area (Å²) in [6.07, 6.45) is 0.886. The molecule has 0 bridgehead atoms. The first-order chi connectivity index (χ1) is 10.6. The molecule has 0 spiro atoms. The average Bonchev–Trinajstić information content (AvgIpc) is 2.54. The summed E-state index contributed by atoms with van der Waals surface area (Å²) < 4.78 is 17.1. The van der Waals surface area contributed by atoms with Crippen molar-refractivity contribution in [2.45, 2.75) is 25.9 Å². The molecule has 1 aliphatic heterocycles. The fourth-order valence-electron chi connectivity index (χ4n) is 3.13. The van der Waals surface area contributed by atoms with Gasteiger partial charge >= 0.3 is 0 Å². The van der Waals surface area contributed by atoms with Crippen LogP contribution in [-0.4, -0.2) is 20.8 Å². The number of rotatable bonds is 3. The average molecular weight is 298 g/mol. The van der Waals surface area contributed by atoms with Crippen molar-refractivity contribution in [2.75, 3.05) is 20.8 Å². The second kappa shape index (κ2) is 5.65. The Morgan fingerprint density at radius 3 is 2.27 bits per heavy atom. The van der Waals surface area contributed by atoms with Crippen molar-refractivity contribution in [2.24, 2.45) is 0 Å². The molecule has 3 heteroatoms. The smallest absolute Gasteiger partial charge is 0.161 e. The van der Waals surface area contributed by atoms with E-state index in [9.17, 15) is 0 Å². The third-order valence-corrected chi connectivity index (χ3v) is 4.49. The molecule has 2 aromatic carbocycles. The molecule has 1 atom stereocenters. The van der Waals surface area contributed by atoms with Crippen LogP contribution in [0, 0.1) is 6.92 Å². The molecule has 3 nitrogen and oxygen atoms in total. The number of hydrogen-bond acceptors (Lipinski definition) is 3. The first kappa shape index (κ1) is 14.9. The summed E-state index contributed by atoms with van der Waals surface area (Å²) in [5, 5.41) is 0. The molecule has 0 aliphatic carbocycles. The van der Waals surface area contributed by atoms with E-state index in [1.165, 1.54) is 11.1 Å². The molecule has 1 aliphatic rings. The Kier molecular flexibility index (Phi) is 3.83. The number of methoxy groups -OCH3 is 2. The summed E-state index contributed by atoms with van der Waals surface area (Å²) >= 11 is 0. The highest BCUT2D eigenvalue weighted by Crippen LogP contribution is 2.43. The van der Waals surface area contributed by atoms with Gasteiger partial charge in [0.15, 0.2) is 11.5 Å². The molecule has 1 heterocycles. The van der Waals surface area contributed by atoms with Gasteiger partial charge in [0, 0.05) is 0 Å². The van der Waals surface area contributed by atoms with Crippen LogP contribution in [0.1, 0.15) is 29.2 Å². The topological polar surface area (TPSA) is 27.7 Å². The van der Waals surface area contributed by atoms with E-state index in [2.05, 4.69) is 44.2 Å². The van der Waals surface area contributed by atoms with Crippen LogP contribution < -0.4 is 9.47 Å². The maximum atomic E-state index is 6.19. The van der Waals surface area contributed by atoms with E-state index >= 15 is 0 Å². The van der Waals surface area contributed by atoms with Gasteiger partial charge in [0.05, 0.1) is 20.8 Å². The zero-order chi connectivity index (χ0) is 15.7. The highest BCUT2D eigenvalue weighted by Gasteiger charge is 2.36. The molecule has 116 valence electrons. The fourth-order valence-corrected chi connectivity index (χ4v) is 3.13. The van der Waals surface area contributed by atoms with Gasteiger partial charge in [-0.1, -0.05) is 29.8 Å². The number of fused-ring (bicyclic) bond motifs is 1. The van der Waals surface area contributed by atoms with Gasteiger partial charge < -0.3 is 14.2 Å². The van der Waals surface area contributed by atoms with Crippen molar-refractivity contribution in [1.29, 1.82) is 0 Å². The van der Waals surface area contributed by atoms with E-state index in [-0.39, 0.29) is 0 Å². The lowest BCUT2D eigenvalue weighted by Crippen LogP contribution is -2.33. The largest absolute Gasteiger partial charge is 0.493 e. The van der Waals surface area contributed by atoms with Crippen LogP contribution in [0.25, 0.3) is 0 Å². The van der Waals surface area contributed by atoms with Crippen molar-refractivity contribution in [3.63, 3.8) is 0 Å². The van der Waals surface area contributed by atoms with Crippen LogP contribution in [0.3, 0.4) is 0 Å². The van der Waals surface area contributed by atoms with Gasteiger partial charge in [0.2, 0.25) is 0 Å². The summed E-state index contributed by atoms with van der Waals surface area (Å²) in [6.45, 7) is 4.92. The van der Waals surface area contributed by atoms with Crippen molar-refractivity contribution in [3.05, 3.63) is 58.7 Å². The SMILES string of the molecule is COc1cc2c(cc1OC)[C@](C)(c1ccc(C)cc1)OCC2. The van der Waals surface area contributed by atoms with E-state index in [0.29, 0.717) is 6.61 Å². The predicted octanol–water partition coefficient (Wildman–Crippen LogP) is 3.85. The molecule has 2 aromatic rings. The van der Waals surface area contributed by atoms with E-state index in [0.717, 1.165) is 29.0 Å². The molecule has 0 fully saturated rings. The van der Waals surface area contributed by atoms with Crippen molar-refractivity contribution in [3.8, 4) is 11.5 Å². The van der Waals surface area contributed by atoms with Gasteiger partial charge in [-0.3, -0.25) is 0 Å². The molecule has 0 unspecified atom stereocenters. The molecular weight excluding hydrogens is 276 g/mol. The van der Waals surface area contributed by atoms with Crippen LogP contribution in [0.15, 0.2) is 36.4 Å². The van der Waals surface area contributed by atoms with Gasteiger partial charge in [-0.2, -0.15) is 0 Å². The van der Waals surface area contributed by atoms with Crippen LogP contribution in [0.5, 0.6) is 11.5 Å². The third kappa shape index (κ3) is 2.35. The molecule has 0 saturated carbocycles. The Bertz CT molecular complexity index is 676. The quantitative estimate of drug-likeness (QED) is 0.861. The Hall–Kier alpha value is -2.00. The van der Waals surface area contributed by atoms with Gasteiger partial charge in [-0.05, 0) is 49.1 Å². The van der Waals surface area contributed by atoms with Crippen molar-refractivity contribution in [1.82, 2.24) is 0 Å². The number of aryl methyl sites for hydroxylation is 1. The zero-order valence-electron chi connectivity index (χ0n) is 13.6. The van der Waals surface area contributed by atoms with Gasteiger partial charge in [-0.15, -0.1) is 0 Å². The minimum atomic E-state index is -0.458. The minimum Gasteiger partial charge on any atom is -0.493 e. The van der Waals surface area contributed by atoms with E-state index in [1.54, 1.807) is 14.2 Å². The minimum absolute atomic E-state index is 0.458. The monoisotopic (exact) mass is 298 g/mol. The lowest BCUT2D eigenvalue weighted by molar-refractivity contribution is -0.0144. The lowest BCUT2D eigenvalue weighted by Gasteiger charge is -2.37. The van der Waals surface area contributed by atoms with Gasteiger partial charge in [-0.25, -0.2) is 0 Å². The lowest BCUT2D eigenvalue weighted by atomic mass is 9.82. The summed E-state index contributed by atoms with van der Waals surface area (Å²) in [4.78, 5) is 0. The Morgan fingerprint density at radius 2 is 1.64 bits per heavy atom. The normalized spacial score (nSPS) is 20.4. The van der Waals surface area contributed by atoms with E-state index in [4.69, 9.17) is 14.2 Å². The maximum Gasteiger partial charge on any atom is 0.161 e. The fraction of sp³-hybridized carbons (Fsp3) is 0.368. The van der Waals surface area contributed by atoms with Crippen LogP contribution >= 0.6 is 0 Å². The Morgan fingerprint density at radius 1 is 1.00 bits per heavy atom. The van der Waals surface area contributed by atoms with Crippen molar-refractivity contribution < 1.29 is 14.2 Å². The Balaban J connectivity index is 2.15. The molecule has 22 heavy (non-hydrogen) atoms. The number of benzene rings is 2. The maximum absolute atomic E-state index is 6.19.